The number of morpholine rings is 1. The summed E-state index contributed by atoms with van der Waals surface area (Å²) >= 11 is 0. The Kier molecular flexibility index (Phi) is 8.68. The third-order valence-corrected chi connectivity index (χ3v) is 6.36. The minimum absolute atomic E-state index is 0.157. The third-order valence-electron chi connectivity index (χ3n) is 6.36. The molecule has 1 aliphatic heterocycles. The lowest BCUT2D eigenvalue weighted by Crippen LogP contribution is -2.47. The second-order valence-electron chi connectivity index (χ2n) is 8.87. The highest BCUT2D eigenvalue weighted by atomic mass is 19.1. The van der Waals surface area contributed by atoms with E-state index in [1.807, 2.05) is 61.5 Å². The molecular weight excluding hydrogens is 457 g/mol. The van der Waals surface area contributed by atoms with E-state index in [1.54, 1.807) is 17.0 Å². The van der Waals surface area contributed by atoms with Crippen LogP contribution in [0.1, 0.15) is 24.5 Å². The van der Waals surface area contributed by atoms with Gasteiger partial charge in [-0.25, -0.2) is 4.39 Å². The lowest BCUT2D eigenvalue weighted by atomic mass is 10.1. The van der Waals surface area contributed by atoms with Gasteiger partial charge in [-0.15, -0.1) is 0 Å². The molecule has 0 aromatic heterocycles. The second kappa shape index (κ2) is 12.3. The summed E-state index contributed by atoms with van der Waals surface area (Å²) in [6, 6.07) is 22.5. The lowest BCUT2D eigenvalue weighted by Gasteiger charge is -2.31. The van der Waals surface area contributed by atoms with E-state index < -0.39 is 6.04 Å². The van der Waals surface area contributed by atoms with Crippen LogP contribution in [0.25, 0.3) is 0 Å². The topological polar surface area (TPSA) is 61.9 Å². The van der Waals surface area contributed by atoms with Crippen LogP contribution in [0.3, 0.4) is 0 Å². The Morgan fingerprint density at radius 3 is 2.25 bits per heavy atom. The predicted molar refractivity (Wildman–Crippen MR) is 139 cm³/mol. The van der Waals surface area contributed by atoms with Gasteiger partial charge in [0.15, 0.2) is 0 Å². The van der Waals surface area contributed by atoms with Gasteiger partial charge < -0.3 is 19.9 Å². The molecule has 188 valence electrons. The number of benzene rings is 3. The molecule has 1 aliphatic rings. The quantitative estimate of drug-likeness (QED) is 0.475. The average molecular weight is 490 g/mol. The molecule has 0 spiro atoms. The zero-order valence-corrected chi connectivity index (χ0v) is 20.5. The predicted octanol–water partition coefficient (Wildman–Crippen LogP) is 4.65. The molecule has 0 saturated carbocycles. The fourth-order valence-electron chi connectivity index (χ4n) is 4.38. The van der Waals surface area contributed by atoms with Gasteiger partial charge in [-0.3, -0.25) is 9.59 Å². The zero-order valence-electron chi connectivity index (χ0n) is 20.5. The van der Waals surface area contributed by atoms with Crippen LogP contribution < -0.4 is 10.2 Å². The standard InChI is InChI=1S/C29H32FN3O3/c1-2-27(29(35)31-25-12-14-26(15-13-25)32-16-18-36-19-17-32)33(21-23-8-10-24(30)11-9-23)28(34)20-22-6-4-3-5-7-22/h3-15,27H,2,16-21H2,1H3,(H,31,35). The number of carbonyl (C=O) groups is 2. The van der Waals surface area contributed by atoms with Gasteiger partial charge in [-0.2, -0.15) is 0 Å². The van der Waals surface area contributed by atoms with Crippen molar-refractivity contribution in [1.29, 1.82) is 0 Å². The molecule has 0 bridgehead atoms. The Morgan fingerprint density at radius 1 is 0.944 bits per heavy atom. The van der Waals surface area contributed by atoms with Gasteiger partial charge in [-0.05, 0) is 53.9 Å². The Labute approximate surface area is 211 Å². The van der Waals surface area contributed by atoms with Crippen LogP contribution in [0.4, 0.5) is 15.8 Å². The zero-order chi connectivity index (χ0) is 25.3. The highest BCUT2D eigenvalue weighted by molar-refractivity contribution is 5.97. The summed E-state index contributed by atoms with van der Waals surface area (Å²) < 4.78 is 18.9. The van der Waals surface area contributed by atoms with E-state index >= 15 is 0 Å². The van der Waals surface area contributed by atoms with E-state index in [4.69, 9.17) is 4.74 Å². The number of anilines is 2. The van der Waals surface area contributed by atoms with Crippen molar-refractivity contribution in [3.8, 4) is 0 Å². The van der Waals surface area contributed by atoms with E-state index in [0.29, 0.717) is 25.3 Å². The van der Waals surface area contributed by atoms with Crippen molar-refractivity contribution in [1.82, 2.24) is 4.90 Å². The number of halogens is 1. The summed E-state index contributed by atoms with van der Waals surface area (Å²) in [6.07, 6.45) is 0.624. The first-order valence-electron chi connectivity index (χ1n) is 12.3. The molecule has 3 aromatic rings. The summed E-state index contributed by atoms with van der Waals surface area (Å²) in [5, 5.41) is 2.98. The van der Waals surface area contributed by atoms with Crippen LogP contribution in [0.2, 0.25) is 0 Å². The van der Waals surface area contributed by atoms with Crippen molar-refractivity contribution in [3.63, 3.8) is 0 Å². The normalized spacial score (nSPS) is 14.2. The maximum Gasteiger partial charge on any atom is 0.247 e. The molecule has 2 amide bonds. The smallest absolute Gasteiger partial charge is 0.247 e. The molecule has 0 aliphatic carbocycles. The largest absolute Gasteiger partial charge is 0.378 e. The molecule has 3 aromatic carbocycles. The number of rotatable bonds is 9. The summed E-state index contributed by atoms with van der Waals surface area (Å²) in [7, 11) is 0. The summed E-state index contributed by atoms with van der Waals surface area (Å²) in [5.41, 5.74) is 3.39. The maximum atomic E-state index is 13.5. The number of hydrogen-bond acceptors (Lipinski definition) is 4. The molecule has 1 unspecified atom stereocenters. The van der Waals surface area contributed by atoms with Crippen LogP contribution in [0.5, 0.6) is 0 Å². The number of nitrogens with one attached hydrogen (secondary N) is 1. The number of ether oxygens (including phenoxy) is 1. The minimum Gasteiger partial charge on any atom is -0.378 e. The van der Waals surface area contributed by atoms with Gasteiger partial charge in [0.2, 0.25) is 11.8 Å². The fourth-order valence-corrected chi connectivity index (χ4v) is 4.38. The summed E-state index contributed by atoms with van der Waals surface area (Å²) in [4.78, 5) is 30.6. The molecule has 1 fully saturated rings. The monoisotopic (exact) mass is 489 g/mol. The summed E-state index contributed by atoms with van der Waals surface area (Å²) in [6.45, 7) is 5.19. The molecular formula is C29H32FN3O3. The van der Waals surface area contributed by atoms with E-state index in [1.165, 1.54) is 12.1 Å². The van der Waals surface area contributed by atoms with Gasteiger partial charge in [0.05, 0.1) is 19.6 Å². The number of hydrogen-bond donors (Lipinski definition) is 1. The first kappa shape index (κ1) is 25.4. The van der Waals surface area contributed by atoms with E-state index in [9.17, 15) is 14.0 Å². The lowest BCUT2D eigenvalue weighted by molar-refractivity contribution is -0.139. The SMILES string of the molecule is CCC(C(=O)Nc1ccc(N2CCOCC2)cc1)N(Cc1ccc(F)cc1)C(=O)Cc1ccccc1. The third kappa shape index (κ3) is 6.70. The fraction of sp³-hybridized carbons (Fsp3) is 0.310. The van der Waals surface area contributed by atoms with Crippen molar-refractivity contribution in [2.45, 2.75) is 32.4 Å². The number of carbonyl (C=O) groups excluding carboxylic acids is 2. The highest BCUT2D eigenvalue weighted by Gasteiger charge is 2.29. The average Bonchev–Trinajstić information content (AvgIpc) is 2.91. The molecule has 7 heteroatoms. The van der Waals surface area contributed by atoms with Gasteiger partial charge in [-0.1, -0.05) is 49.4 Å². The van der Waals surface area contributed by atoms with Gasteiger partial charge in [0, 0.05) is 31.0 Å². The molecule has 36 heavy (non-hydrogen) atoms. The van der Waals surface area contributed by atoms with Gasteiger partial charge in [0.25, 0.3) is 0 Å². The Morgan fingerprint density at radius 2 is 1.61 bits per heavy atom. The molecule has 1 heterocycles. The Hall–Kier alpha value is -3.71. The van der Waals surface area contributed by atoms with Crippen molar-refractivity contribution in [2.75, 3.05) is 36.5 Å². The van der Waals surface area contributed by atoms with Crippen LogP contribution in [-0.4, -0.2) is 49.1 Å². The molecule has 4 rings (SSSR count). The molecule has 1 atom stereocenters. The van der Waals surface area contributed by atoms with E-state index in [-0.39, 0.29) is 30.6 Å². The molecule has 0 radical (unpaired) electrons. The van der Waals surface area contributed by atoms with Crippen LogP contribution in [0.15, 0.2) is 78.9 Å². The van der Waals surface area contributed by atoms with E-state index in [0.717, 1.165) is 29.9 Å². The van der Waals surface area contributed by atoms with Crippen molar-refractivity contribution in [3.05, 3.63) is 95.8 Å². The first-order chi connectivity index (χ1) is 17.5. The van der Waals surface area contributed by atoms with Crippen molar-refractivity contribution in [2.24, 2.45) is 0 Å². The van der Waals surface area contributed by atoms with Gasteiger partial charge >= 0.3 is 0 Å². The number of amides is 2. The Balaban J connectivity index is 1.50. The molecule has 1 saturated heterocycles. The van der Waals surface area contributed by atoms with Crippen LogP contribution in [0, 0.1) is 5.82 Å². The van der Waals surface area contributed by atoms with Crippen molar-refractivity contribution >= 4 is 23.2 Å². The highest BCUT2D eigenvalue weighted by Crippen LogP contribution is 2.21. The first-order valence-corrected chi connectivity index (χ1v) is 12.3. The van der Waals surface area contributed by atoms with Crippen LogP contribution >= 0.6 is 0 Å². The molecule has 6 nitrogen and oxygen atoms in total. The van der Waals surface area contributed by atoms with Crippen molar-refractivity contribution < 1.29 is 18.7 Å². The molecule has 1 N–H and O–H groups in total. The van der Waals surface area contributed by atoms with E-state index in [2.05, 4.69) is 10.2 Å². The van der Waals surface area contributed by atoms with Gasteiger partial charge in [0.1, 0.15) is 11.9 Å². The Bertz CT molecular complexity index is 1130. The minimum atomic E-state index is -0.676. The summed E-state index contributed by atoms with van der Waals surface area (Å²) in [5.74, 6) is -0.749. The maximum absolute atomic E-state index is 13.5. The number of nitrogens with zero attached hydrogens (tertiary/aromatic N) is 2. The van der Waals surface area contributed by atoms with Crippen LogP contribution in [-0.2, 0) is 27.3 Å². The second-order valence-corrected chi connectivity index (χ2v) is 8.87.